The lowest BCUT2D eigenvalue weighted by Gasteiger charge is -2.31. The van der Waals surface area contributed by atoms with E-state index in [0.717, 1.165) is 12.0 Å². The summed E-state index contributed by atoms with van der Waals surface area (Å²) < 4.78 is 4.95. The average molecular weight is 291 g/mol. The zero-order chi connectivity index (χ0) is 15.9. The number of ether oxygens (including phenoxy) is 1. The van der Waals surface area contributed by atoms with Crippen LogP contribution in [0.25, 0.3) is 0 Å². The Morgan fingerprint density at radius 1 is 1.14 bits per heavy atom. The van der Waals surface area contributed by atoms with Crippen molar-refractivity contribution >= 4 is 11.9 Å². The number of hydrogen-bond donors (Lipinski definition) is 0. The summed E-state index contributed by atoms with van der Waals surface area (Å²) in [5.74, 6) is -0.410. The lowest BCUT2D eigenvalue weighted by atomic mass is 9.83. The van der Waals surface area contributed by atoms with Crippen LogP contribution in [0.2, 0.25) is 0 Å². The largest absolute Gasteiger partial charge is 0.465 e. The quantitative estimate of drug-likeness (QED) is 0.726. The second-order valence-corrected chi connectivity index (χ2v) is 5.52. The third kappa shape index (κ3) is 4.59. The predicted octanol–water partition coefficient (Wildman–Crippen LogP) is 2.77. The van der Waals surface area contributed by atoms with Crippen LogP contribution in [0.1, 0.15) is 39.7 Å². The van der Waals surface area contributed by atoms with Crippen molar-refractivity contribution in [2.75, 3.05) is 19.7 Å². The van der Waals surface area contributed by atoms with E-state index in [-0.39, 0.29) is 18.4 Å². The average Bonchev–Trinajstić information content (AvgIpc) is 2.47. The first kappa shape index (κ1) is 17.2. The maximum atomic E-state index is 12.8. The monoisotopic (exact) mass is 291 g/mol. The van der Waals surface area contributed by atoms with E-state index in [9.17, 15) is 9.59 Å². The van der Waals surface area contributed by atoms with Crippen molar-refractivity contribution in [1.29, 1.82) is 0 Å². The molecule has 0 spiro atoms. The van der Waals surface area contributed by atoms with Crippen LogP contribution in [0.5, 0.6) is 0 Å². The maximum absolute atomic E-state index is 12.8. The molecule has 0 heterocycles. The number of carbonyl (C=O) groups excluding carboxylic acids is 2. The number of nitrogens with zero attached hydrogens (tertiary/aromatic N) is 1. The number of esters is 1. The molecular weight excluding hydrogens is 266 g/mol. The molecule has 1 aromatic carbocycles. The fourth-order valence-corrected chi connectivity index (χ4v) is 2.26. The van der Waals surface area contributed by atoms with Crippen molar-refractivity contribution in [3.05, 3.63) is 35.9 Å². The fourth-order valence-electron chi connectivity index (χ4n) is 2.26. The summed E-state index contributed by atoms with van der Waals surface area (Å²) in [5.41, 5.74) is 0.281. The molecule has 0 saturated heterocycles. The molecule has 21 heavy (non-hydrogen) atoms. The van der Waals surface area contributed by atoms with E-state index in [4.69, 9.17) is 4.74 Å². The summed E-state index contributed by atoms with van der Waals surface area (Å²) in [5, 5.41) is 0. The van der Waals surface area contributed by atoms with Gasteiger partial charge in [0, 0.05) is 6.54 Å². The van der Waals surface area contributed by atoms with E-state index in [0.29, 0.717) is 13.2 Å². The highest BCUT2D eigenvalue weighted by Gasteiger charge is 2.34. The van der Waals surface area contributed by atoms with E-state index in [1.54, 1.807) is 11.8 Å². The van der Waals surface area contributed by atoms with E-state index >= 15 is 0 Å². The minimum Gasteiger partial charge on any atom is -0.465 e. The molecule has 116 valence electrons. The van der Waals surface area contributed by atoms with Gasteiger partial charge in [-0.05, 0) is 32.8 Å². The number of rotatable bonds is 7. The third-order valence-corrected chi connectivity index (χ3v) is 3.44. The lowest BCUT2D eigenvalue weighted by Crippen LogP contribution is -2.46. The first-order valence-electron chi connectivity index (χ1n) is 7.44. The minimum absolute atomic E-state index is 0.0107. The Labute approximate surface area is 127 Å². The SMILES string of the molecule is CCCN(CC(=O)OCC)C(=O)C(C)(C)c1ccccc1. The van der Waals surface area contributed by atoms with Gasteiger partial charge in [-0.2, -0.15) is 0 Å². The summed E-state index contributed by atoms with van der Waals surface area (Å²) >= 11 is 0. The maximum Gasteiger partial charge on any atom is 0.325 e. The highest BCUT2D eigenvalue weighted by molar-refractivity contribution is 5.90. The Kier molecular flexibility index (Phi) is 6.40. The van der Waals surface area contributed by atoms with E-state index in [1.165, 1.54) is 0 Å². The van der Waals surface area contributed by atoms with Crippen LogP contribution in [-0.2, 0) is 19.7 Å². The predicted molar refractivity (Wildman–Crippen MR) is 83.0 cm³/mol. The molecule has 1 amide bonds. The summed E-state index contributed by atoms with van der Waals surface area (Å²) in [7, 11) is 0. The number of benzene rings is 1. The third-order valence-electron chi connectivity index (χ3n) is 3.44. The van der Waals surface area contributed by atoms with Crippen molar-refractivity contribution in [2.24, 2.45) is 0 Å². The van der Waals surface area contributed by atoms with Crippen molar-refractivity contribution in [2.45, 2.75) is 39.5 Å². The van der Waals surface area contributed by atoms with Gasteiger partial charge < -0.3 is 9.64 Å². The van der Waals surface area contributed by atoms with Crippen LogP contribution >= 0.6 is 0 Å². The van der Waals surface area contributed by atoms with E-state index < -0.39 is 5.41 Å². The van der Waals surface area contributed by atoms with Gasteiger partial charge in [-0.3, -0.25) is 9.59 Å². The van der Waals surface area contributed by atoms with Gasteiger partial charge >= 0.3 is 5.97 Å². The molecule has 1 rings (SSSR count). The fraction of sp³-hybridized carbons (Fsp3) is 0.529. The summed E-state index contributed by atoms with van der Waals surface area (Å²) in [6.07, 6.45) is 0.802. The molecule has 0 fully saturated rings. The second kappa shape index (κ2) is 7.81. The molecule has 0 aromatic heterocycles. The summed E-state index contributed by atoms with van der Waals surface area (Å²) in [6.45, 7) is 8.41. The van der Waals surface area contributed by atoms with Crippen LogP contribution in [0.4, 0.5) is 0 Å². The Hall–Kier alpha value is -1.84. The highest BCUT2D eigenvalue weighted by atomic mass is 16.5. The topological polar surface area (TPSA) is 46.6 Å². The van der Waals surface area contributed by atoms with Crippen LogP contribution in [0, 0.1) is 0 Å². The molecule has 0 atom stereocenters. The summed E-state index contributed by atoms with van der Waals surface area (Å²) in [4.78, 5) is 26.1. The van der Waals surface area contributed by atoms with Gasteiger partial charge in [0.25, 0.3) is 0 Å². The van der Waals surface area contributed by atoms with Crippen LogP contribution in [-0.4, -0.2) is 36.5 Å². The van der Waals surface area contributed by atoms with Gasteiger partial charge in [0.15, 0.2) is 0 Å². The first-order chi connectivity index (χ1) is 9.93. The van der Waals surface area contributed by atoms with Gasteiger partial charge in [0.2, 0.25) is 5.91 Å². The van der Waals surface area contributed by atoms with Gasteiger partial charge in [-0.1, -0.05) is 37.3 Å². The zero-order valence-electron chi connectivity index (χ0n) is 13.4. The molecule has 0 aliphatic heterocycles. The van der Waals surface area contributed by atoms with Crippen molar-refractivity contribution in [3.8, 4) is 0 Å². The van der Waals surface area contributed by atoms with Crippen molar-refractivity contribution in [3.63, 3.8) is 0 Å². The zero-order valence-corrected chi connectivity index (χ0v) is 13.4. The van der Waals surface area contributed by atoms with Crippen LogP contribution < -0.4 is 0 Å². The smallest absolute Gasteiger partial charge is 0.325 e. The standard InChI is InChI=1S/C17H25NO3/c1-5-12-18(13-15(19)21-6-2)16(20)17(3,4)14-10-8-7-9-11-14/h7-11H,5-6,12-13H2,1-4H3. The summed E-state index contributed by atoms with van der Waals surface area (Å²) in [6, 6.07) is 9.63. The first-order valence-corrected chi connectivity index (χ1v) is 7.44. The molecular formula is C17H25NO3. The minimum atomic E-state index is -0.664. The Morgan fingerprint density at radius 3 is 2.29 bits per heavy atom. The molecule has 1 aromatic rings. The molecule has 0 radical (unpaired) electrons. The molecule has 0 bridgehead atoms. The van der Waals surface area contributed by atoms with Gasteiger partial charge in [0.1, 0.15) is 6.54 Å². The Bertz CT molecular complexity index is 468. The number of carbonyl (C=O) groups is 2. The van der Waals surface area contributed by atoms with E-state index in [1.807, 2.05) is 51.1 Å². The molecule has 0 unspecified atom stereocenters. The van der Waals surface area contributed by atoms with Crippen LogP contribution in [0.15, 0.2) is 30.3 Å². The van der Waals surface area contributed by atoms with Gasteiger partial charge in [-0.15, -0.1) is 0 Å². The van der Waals surface area contributed by atoms with Crippen molar-refractivity contribution < 1.29 is 14.3 Å². The van der Waals surface area contributed by atoms with E-state index in [2.05, 4.69) is 0 Å². The van der Waals surface area contributed by atoms with Gasteiger partial charge in [0.05, 0.1) is 12.0 Å². The molecule has 0 aliphatic rings. The molecule has 0 saturated carbocycles. The molecule has 0 aliphatic carbocycles. The highest BCUT2D eigenvalue weighted by Crippen LogP contribution is 2.25. The number of hydrogen-bond acceptors (Lipinski definition) is 3. The van der Waals surface area contributed by atoms with Crippen LogP contribution in [0.3, 0.4) is 0 Å². The lowest BCUT2D eigenvalue weighted by molar-refractivity contribution is -0.150. The Balaban J connectivity index is 2.91. The molecule has 4 nitrogen and oxygen atoms in total. The number of amides is 1. The van der Waals surface area contributed by atoms with Gasteiger partial charge in [-0.25, -0.2) is 0 Å². The van der Waals surface area contributed by atoms with Crippen molar-refractivity contribution in [1.82, 2.24) is 4.90 Å². The molecule has 4 heteroatoms. The second-order valence-electron chi connectivity index (χ2n) is 5.52. The molecule has 0 N–H and O–H groups in total. The Morgan fingerprint density at radius 2 is 1.76 bits per heavy atom. The normalized spacial score (nSPS) is 11.0.